The highest BCUT2D eigenvalue weighted by Crippen LogP contribution is 2.31. The Morgan fingerprint density at radius 2 is 2.17 bits per heavy atom. The van der Waals surface area contributed by atoms with E-state index in [1.54, 1.807) is 0 Å². The SMILES string of the molecule is Cc1ccc(Br)c2c(Cl)c[nH]c12. The van der Waals surface area contributed by atoms with E-state index < -0.39 is 0 Å². The Morgan fingerprint density at radius 3 is 2.83 bits per heavy atom. The Labute approximate surface area is 83.9 Å². The van der Waals surface area contributed by atoms with E-state index >= 15 is 0 Å². The molecule has 0 amide bonds. The van der Waals surface area contributed by atoms with Crippen LogP contribution in [-0.4, -0.2) is 4.98 Å². The molecular formula is C9H7BrClN. The van der Waals surface area contributed by atoms with Crippen LogP contribution in [-0.2, 0) is 0 Å². The molecule has 0 saturated carbocycles. The van der Waals surface area contributed by atoms with Crippen LogP contribution in [0.15, 0.2) is 22.8 Å². The summed E-state index contributed by atoms with van der Waals surface area (Å²) in [7, 11) is 0. The normalized spacial score (nSPS) is 10.9. The molecule has 12 heavy (non-hydrogen) atoms. The number of aryl methyl sites for hydroxylation is 1. The van der Waals surface area contributed by atoms with Gasteiger partial charge in [-0.3, -0.25) is 0 Å². The molecule has 0 unspecified atom stereocenters. The van der Waals surface area contributed by atoms with Gasteiger partial charge < -0.3 is 4.98 Å². The van der Waals surface area contributed by atoms with Gasteiger partial charge in [-0.2, -0.15) is 0 Å². The maximum absolute atomic E-state index is 5.99. The summed E-state index contributed by atoms with van der Waals surface area (Å²) in [4.78, 5) is 3.14. The maximum Gasteiger partial charge on any atom is 0.0670 e. The number of fused-ring (bicyclic) bond motifs is 1. The summed E-state index contributed by atoms with van der Waals surface area (Å²) in [6, 6.07) is 4.07. The Kier molecular flexibility index (Phi) is 1.89. The Balaban J connectivity index is 2.98. The summed E-state index contributed by atoms with van der Waals surface area (Å²) in [5, 5.41) is 1.83. The number of hydrogen-bond acceptors (Lipinski definition) is 0. The van der Waals surface area contributed by atoms with Gasteiger partial charge in [0.2, 0.25) is 0 Å². The molecule has 0 fully saturated rings. The van der Waals surface area contributed by atoms with Crippen molar-refractivity contribution in [3.05, 3.63) is 33.4 Å². The molecule has 1 aromatic carbocycles. The molecule has 0 aliphatic carbocycles. The highest BCUT2D eigenvalue weighted by Gasteiger charge is 2.06. The smallest absolute Gasteiger partial charge is 0.0670 e. The van der Waals surface area contributed by atoms with Crippen molar-refractivity contribution >= 4 is 38.4 Å². The first-order valence-corrected chi connectivity index (χ1v) is 4.79. The highest BCUT2D eigenvalue weighted by atomic mass is 79.9. The predicted molar refractivity (Wildman–Crippen MR) is 55.7 cm³/mol. The van der Waals surface area contributed by atoms with Crippen molar-refractivity contribution in [1.82, 2.24) is 4.98 Å². The van der Waals surface area contributed by atoms with Crippen molar-refractivity contribution in [2.45, 2.75) is 6.92 Å². The fourth-order valence-electron chi connectivity index (χ4n) is 1.31. The zero-order chi connectivity index (χ0) is 8.72. The number of aromatic amines is 1. The lowest BCUT2D eigenvalue weighted by Gasteiger charge is -1.98. The number of aromatic nitrogens is 1. The second-order valence-electron chi connectivity index (χ2n) is 2.75. The summed E-state index contributed by atoms with van der Waals surface area (Å²) < 4.78 is 1.04. The number of H-pyrrole nitrogens is 1. The molecular weight excluding hydrogens is 237 g/mol. The van der Waals surface area contributed by atoms with Crippen molar-refractivity contribution in [3.8, 4) is 0 Å². The average Bonchev–Trinajstić information content (AvgIpc) is 2.42. The van der Waals surface area contributed by atoms with Crippen LogP contribution in [0.25, 0.3) is 10.9 Å². The third kappa shape index (κ3) is 1.06. The van der Waals surface area contributed by atoms with Crippen LogP contribution in [0, 0.1) is 6.92 Å². The maximum atomic E-state index is 5.99. The first-order chi connectivity index (χ1) is 5.70. The van der Waals surface area contributed by atoms with Crippen molar-refractivity contribution in [1.29, 1.82) is 0 Å². The van der Waals surface area contributed by atoms with E-state index in [0.717, 1.165) is 20.4 Å². The zero-order valence-electron chi connectivity index (χ0n) is 6.49. The van der Waals surface area contributed by atoms with Crippen LogP contribution in [0.3, 0.4) is 0 Å². The number of hydrogen-bond donors (Lipinski definition) is 1. The summed E-state index contributed by atoms with van der Waals surface area (Å²) in [6.07, 6.45) is 1.81. The Bertz CT molecular complexity index is 433. The van der Waals surface area contributed by atoms with Crippen LogP contribution in [0.5, 0.6) is 0 Å². The monoisotopic (exact) mass is 243 g/mol. The third-order valence-corrected chi connectivity index (χ3v) is 2.90. The number of rotatable bonds is 0. The largest absolute Gasteiger partial charge is 0.359 e. The number of halogens is 2. The van der Waals surface area contributed by atoms with E-state index in [0.29, 0.717) is 0 Å². The Morgan fingerprint density at radius 1 is 1.42 bits per heavy atom. The molecule has 0 radical (unpaired) electrons. The van der Waals surface area contributed by atoms with Gasteiger partial charge in [-0.05, 0) is 18.6 Å². The van der Waals surface area contributed by atoms with Crippen molar-refractivity contribution in [2.75, 3.05) is 0 Å². The van der Waals surface area contributed by atoms with Gasteiger partial charge in [0, 0.05) is 16.1 Å². The van der Waals surface area contributed by atoms with E-state index in [4.69, 9.17) is 11.6 Å². The second-order valence-corrected chi connectivity index (χ2v) is 4.01. The minimum Gasteiger partial charge on any atom is -0.359 e. The lowest BCUT2D eigenvalue weighted by Crippen LogP contribution is -1.76. The zero-order valence-corrected chi connectivity index (χ0v) is 8.83. The molecule has 0 saturated heterocycles. The van der Waals surface area contributed by atoms with Gasteiger partial charge in [-0.25, -0.2) is 0 Å². The van der Waals surface area contributed by atoms with Gasteiger partial charge in [-0.1, -0.05) is 33.6 Å². The molecule has 0 atom stereocenters. The summed E-state index contributed by atoms with van der Waals surface area (Å²) in [6.45, 7) is 2.06. The van der Waals surface area contributed by atoms with Crippen LogP contribution in [0.1, 0.15) is 5.56 Å². The van der Waals surface area contributed by atoms with Gasteiger partial charge in [0.1, 0.15) is 0 Å². The van der Waals surface area contributed by atoms with Crippen molar-refractivity contribution in [3.63, 3.8) is 0 Å². The van der Waals surface area contributed by atoms with Gasteiger partial charge in [-0.15, -0.1) is 0 Å². The first-order valence-electron chi connectivity index (χ1n) is 3.62. The van der Waals surface area contributed by atoms with E-state index in [1.807, 2.05) is 12.3 Å². The standard InChI is InChI=1S/C9H7BrClN/c1-5-2-3-6(10)8-7(11)4-12-9(5)8/h2-4,12H,1H3. The van der Waals surface area contributed by atoms with Crippen LogP contribution >= 0.6 is 27.5 Å². The predicted octanol–water partition coefficient (Wildman–Crippen LogP) is 3.89. The molecule has 2 rings (SSSR count). The minimum atomic E-state index is 0.764. The average molecular weight is 245 g/mol. The molecule has 62 valence electrons. The van der Waals surface area contributed by atoms with Gasteiger partial charge in [0.05, 0.1) is 10.5 Å². The molecule has 1 heterocycles. The molecule has 1 nitrogen and oxygen atoms in total. The fraction of sp³-hybridized carbons (Fsp3) is 0.111. The lowest BCUT2D eigenvalue weighted by atomic mass is 10.2. The first kappa shape index (κ1) is 8.14. The quantitative estimate of drug-likeness (QED) is 0.724. The molecule has 2 aromatic rings. The Hall–Kier alpha value is -0.470. The van der Waals surface area contributed by atoms with Gasteiger partial charge >= 0.3 is 0 Å². The minimum absolute atomic E-state index is 0.764. The molecule has 1 N–H and O–H groups in total. The van der Waals surface area contributed by atoms with E-state index in [9.17, 15) is 0 Å². The van der Waals surface area contributed by atoms with Crippen LogP contribution in [0.4, 0.5) is 0 Å². The van der Waals surface area contributed by atoms with E-state index in [-0.39, 0.29) is 0 Å². The molecule has 3 heteroatoms. The molecule has 0 bridgehead atoms. The summed E-state index contributed by atoms with van der Waals surface area (Å²) in [5.74, 6) is 0. The topological polar surface area (TPSA) is 15.8 Å². The summed E-state index contributed by atoms with van der Waals surface area (Å²) in [5.41, 5.74) is 2.31. The third-order valence-electron chi connectivity index (χ3n) is 1.94. The summed E-state index contributed by atoms with van der Waals surface area (Å²) >= 11 is 9.45. The molecule has 0 spiro atoms. The highest BCUT2D eigenvalue weighted by molar-refractivity contribution is 9.10. The number of nitrogens with one attached hydrogen (secondary N) is 1. The van der Waals surface area contributed by atoms with E-state index in [2.05, 4.69) is 33.9 Å². The second kappa shape index (κ2) is 2.79. The fourth-order valence-corrected chi connectivity index (χ4v) is 2.22. The van der Waals surface area contributed by atoms with Crippen LogP contribution in [0.2, 0.25) is 5.02 Å². The molecule has 1 aromatic heterocycles. The van der Waals surface area contributed by atoms with E-state index in [1.165, 1.54) is 5.56 Å². The van der Waals surface area contributed by atoms with Crippen LogP contribution < -0.4 is 0 Å². The lowest BCUT2D eigenvalue weighted by molar-refractivity contribution is 1.41. The van der Waals surface area contributed by atoms with Gasteiger partial charge in [0.15, 0.2) is 0 Å². The molecule has 0 aliphatic heterocycles. The van der Waals surface area contributed by atoms with Crippen molar-refractivity contribution < 1.29 is 0 Å². The molecule has 0 aliphatic rings. The van der Waals surface area contributed by atoms with Crippen molar-refractivity contribution in [2.24, 2.45) is 0 Å². The number of benzene rings is 1. The van der Waals surface area contributed by atoms with Gasteiger partial charge in [0.25, 0.3) is 0 Å².